The summed E-state index contributed by atoms with van der Waals surface area (Å²) in [5.74, 6) is -21.6. The Labute approximate surface area is 160 Å². The lowest BCUT2D eigenvalue weighted by Crippen LogP contribution is -2.95. The Morgan fingerprint density at radius 3 is 1.77 bits per heavy atom. The van der Waals surface area contributed by atoms with Crippen molar-refractivity contribution in [3.63, 3.8) is 0 Å². The quantitative estimate of drug-likeness (QED) is 0.349. The largest absolute Gasteiger partial charge is 0.557 e. The highest BCUT2D eigenvalue weighted by atomic mass is 31.2. The SMILES string of the molecule is O=P(=O)O[C@@]12OP3(=O)O[C@]45OOP(=O)(OO[C@@]46OP4(=O)O[C@]6(O)[C@@]1(O)O4)OO[C@@]25O3. The summed E-state index contributed by atoms with van der Waals surface area (Å²) in [6, 6.07) is 0. The monoisotopic (exact) mass is 518 g/mol. The van der Waals surface area contributed by atoms with Crippen molar-refractivity contribution in [1.29, 1.82) is 0 Å². The summed E-state index contributed by atoms with van der Waals surface area (Å²) in [5.41, 5.74) is 0. The molecule has 3 unspecified atom stereocenters. The molecule has 0 amide bonds. The number of hydrogen-bond donors (Lipinski definition) is 2. The summed E-state index contributed by atoms with van der Waals surface area (Å²) < 4.78 is 108. The van der Waals surface area contributed by atoms with Gasteiger partial charge in [-0.3, -0.25) is 0 Å². The summed E-state index contributed by atoms with van der Waals surface area (Å²) in [5, 5.41) is 22.4. The molecule has 7 aliphatic rings. The standard InChI is InChI=1S/C6H2O20P4/c7-1-2(8)4(17-27(9)10)6-5(22-29(12,21-4)23-6)3(1,20-28(11,18-1)19-2)14-24-30(13,25-15-5)26-16-6/h7-8H/t1-,2-,3+,4-,5-,6-,28?,29?,30?/m1/s1. The number of fused-ring (bicyclic) bond motifs is 5. The molecule has 6 heterocycles. The van der Waals surface area contributed by atoms with Crippen LogP contribution in [0.3, 0.4) is 0 Å². The van der Waals surface area contributed by atoms with E-state index in [0.717, 1.165) is 0 Å². The maximum absolute atomic E-state index is 12.9. The van der Waals surface area contributed by atoms with Gasteiger partial charge in [0.2, 0.25) is 0 Å². The Bertz CT molecular complexity index is 1150. The highest BCUT2D eigenvalue weighted by Gasteiger charge is 3.14. The first kappa shape index (κ1) is 19.5. The van der Waals surface area contributed by atoms with Crippen LogP contribution >= 0.6 is 31.4 Å². The van der Waals surface area contributed by atoms with Crippen LogP contribution in [-0.2, 0) is 83.2 Å². The second-order valence-corrected chi connectivity index (χ2v) is 11.3. The predicted octanol–water partition coefficient (Wildman–Crippen LogP) is -0.383. The van der Waals surface area contributed by atoms with Gasteiger partial charge in [-0.05, 0) is 0 Å². The molecule has 0 aromatic heterocycles. The van der Waals surface area contributed by atoms with Crippen molar-refractivity contribution in [2.75, 3.05) is 0 Å². The third-order valence-corrected chi connectivity index (χ3v) is 9.12. The fourth-order valence-electron chi connectivity index (χ4n) is 4.07. The lowest BCUT2D eigenvalue weighted by atomic mass is 9.69. The molecule has 9 atom stereocenters. The molecule has 7 fully saturated rings. The van der Waals surface area contributed by atoms with Gasteiger partial charge in [-0.2, -0.15) is 14.7 Å². The van der Waals surface area contributed by atoms with Crippen LogP contribution in [0.5, 0.6) is 0 Å². The van der Waals surface area contributed by atoms with Crippen LogP contribution in [0.15, 0.2) is 0 Å². The van der Waals surface area contributed by atoms with Gasteiger partial charge in [0.05, 0.1) is 0 Å². The minimum absolute atomic E-state index is 3.43. The lowest BCUT2D eigenvalue weighted by Gasteiger charge is -2.62. The Balaban J connectivity index is 1.67. The minimum atomic E-state index is -5.14. The van der Waals surface area contributed by atoms with Gasteiger partial charge in [0.1, 0.15) is 0 Å². The van der Waals surface area contributed by atoms with Crippen molar-refractivity contribution >= 4 is 31.4 Å². The van der Waals surface area contributed by atoms with E-state index in [0.29, 0.717) is 0 Å². The highest BCUT2D eigenvalue weighted by Crippen LogP contribution is 2.93. The topological polar surface area (TPSA) is 246 Å². The van der Waals surface area contributed by atoms with Crippen molar-refractivity contribution in [1.82, 2.24) is 0 Å². The van der Waals surface area contributed by atoms with Crippen molar-refractivity contribution in [2.45, 2.75) is 34.7 Å². The van der Waals surface area contributed by atoms with E-state index < -0.39 is 66.1 Å². The van der Waals surface area contributed by atoms with Crippen LogP contribution in [0.1, 0.15) is 0 Å². The van der Waals surface area contributed by atoms with Crippen LogP contribution in [0.2, 0.25) is 0 Å². The van der Waals surface area contributed by atoms with E-state index in [-0.39, 0.29) is 0 Å². The summed E-state index contributed by atoms with van der Waals surface area (Å²) in [6.45, 7) is 0. The molecule has 24 heteroatoms. The average Bonchev–Trinajstić information content (AvgIpc) is 3.13. The second-order valence-electron chi connectivity index (χ2n) is 6.43. The van der Waals surface area contributed by atoms with E-state index in [2.05, 4.69) is 18.5 Å². The van der Waals surface area contributed by atoms with Gasteiger partial charge in [0.15, 0.2) is 0 Å². The first-order valence-electron chi connectivity index (χ1n) is 7.23. The Morgan fingerprint density at radius 2 is 1.13 bits per heavy atom. The molecule has 0 aromatic carbocycles. The summed E-state index contributed by atoms with van der Waals surface area (Å²) in [4.78, 5) is 14.3. The average molecular weight is 518 g/mol. The molecule has 1 aliphatic carbocycles. The molecule has 30 heavy (non-hydrogen) atoms. The molecular formula is C6H2O20P4. The van der Waals surface area contributed by atoms with Gasteiger partial charge in [-0.1, -0.05) is 0 Å². The van der Waals surface area contributed by atoms with Crippen molar-refractivity contribution in [2.24, 2.45) is 0 Å². The molecular weight excluding hydrogens is 516 g/mol. The maximum Gasteiger partial charge on any atom is 0.557 e. The van der Waals surface area contributed by atoms with Crippen molar-refractivity contribution < 1.29 is 93.4 Å². The van der Waals surface area contributed by atoms with E-state index in [4.69, 9.17) is 41.8 Å². The van der Waals surface area contributed by atoms with Gasteiger partial charge in [-0.15, -0.1) is 14.0 Å². The smallest absolute Gasteiger partial charge is 0.356 e. The molecule has 6 saturated heterocycles. The Morgan fingerprint density at radius 1 is 0.633 bits per heavy atom. The summed E-state index contributed by atoms with van der Waals surface area (Å²) >= 11 is 0. The summed E-state index contributed by atoms with van der Waals surface area (Å²) in [7, 11) is -19.5. The number of rotatable bonds is 2. The predicted molar refractivity (Wildman–Crippen MR) is 66.0 cm³/mol. The third-order valence-electron chi connectivity index (χ3n) is 5.04. The van der Waals surface area contributed by atoms with Crippen LogP contribution < -0.4 is 0 Å². The lowest BCUT2D eigenvalue weighted by molar-refractivity contribution is -0.647. The van der Waals surface area contributed by atoms with Gasteiger partial charge < -0.3 is 10.2 Å². The molecule has 7 rings (SSSR count). The second kappa shape index (κ2) is 4.64. The van der Waals surface area contributed by atoms with Gasteiger partial charge in [0.25, 0.3) is 5.79 Å². The number of phosphoric ester groups is 2. The van der Waals surface area contributed by atoms with E-state index >= 15 is 0 Å². The third kappa shape index (κ3) is 1.52. The first-order valence-corrected chi connectivity index (χ1v) is 12.7. The number of aliphatic hydroxyl groups is 2. The van der Waals surface area contributed by atoms with E-state index in [1.807, 2.05) is 0 Å². The zero-order valence-electron chi connectivity index (χ0n) is 13.0. The fourth-order valence-corrected chi connectivity index (χ4v) is 9.00. The molecule has 1 saturated carbocycles. The zero-order chi connectivity index (χ0) is 21.3. The first-order chi connectivity index (χ1) is 13.8. The van der Waals surface area contributed by atoms with Crippen molar-refractivity contribution in [3.8, 4) is 0 Å². The van der Waals surface area contributed by atoms with Gasteiger partial charge in [0, 0.05) is 0 Å². The normalized spacial score (nSPS) is 68.7. The van der Waals surface area contributed by atoms with Crippen molar-refractivity contribution in [3.05, 3.63) is 0 Å². The van der Waals surface area contributed by atoms with Crippen LogP contribution in [0, 0.1) is 0 Å². The van der Waals surface area contributed by atoms with Crippen LogP contribution in [-0.4, -0.2) is 44.9 Å². The van der Waals surface area contributed by atoms with E-state index in [1.165, 1.54) is 0 Å². The van der Waals surface area contributed by atoms with Gasteiger partial charge >= 0.3 is 60.3 Å². The molecule has 0 aromatic rings. The molecule has 166 valence electrons. The highest BCUT2D eigenvalue weighted by molar-refractivity contribution is 7.50. The van der Waals surface area contributed by atoms with E-state index in [1.54, 1.807) is 0 Å². The molecule has 20 nitrogen and oxygen atoms in total. The fraction of sp³-hybridized carbons (Fsp3) is 1.00. The number of phosphoric acid groups is 3. The molecule has 3 spiro atoms. The van der Waals surface area contributed by atoms with Gasteiger partial charge in [-0.25, -0.2) is 54.5 Å². The molecule has 6 bridgehead atoms. The van der Waals surface area contributed by atoms with E-state index in [9.17, 15) is 33.0 Å². The van der Waals surface area contributed by atoms with Crippen LogP contribution in [0.25, 0.3) is 0 Å². The Hall–Kier alpha value is -0.0100. The van der Waals surface area contributed by atoms with Crippen LogP contribution in [0.4, 0.5) is 0 Å². The molecule has 2 N–H and O–H groups in total. The minimum Gasteiger partial charge on any atom is -0.356 e. The summed E-state index contributed by atoms with van der Waals surface area (Å²) in [6.07, 6.45) is 0. The maximum atomic E-state index is 12.9. The number of hydrogen-bond acceptors (Lipinski definition) is 20. The molecule has 6 aliphatic heterocycles. The molecule has 0 radical (unpaired) electrons. The Kier molecular flexibility index (Phi) is 3.01. The zero-order valence-corrected chi connectivity index (χ0v) is 16.6.